The van der Waals surface area contributed by atoms with E-state index in [1.54, 1.807) is 0 Å². The zero-order valence-electron chi connectivity index (χ0n) is 28.0. The van der Waals surface area contributed by atoms with Gasteiger partial charge in [-0.25, -0.2) is 0 Å². The van der Waals surface area contributed by atoms with Gasteiger partial charge in [0.2, 0.25) is 0 Å². The first-order valence-electron chi connectivity index (χ1n) is 17.8. The molecule has 0 radical (unpaired) electrons. The van der Waals surface area contributed by atoms with Gasteiger partial charge in [0, 0.05) is 54.8 Å². The molecule has 8 aromatic carbocycles. The molecule has 0 aliphatic heterocycles. The Morgan fingerprint density at radius 2 is 0.846 bits per heavy atom. The van der Waals surface area contributed by atoms with Crippen LogP contribution in [0, 0.1) is 0 Å². The van der Waals surface area contributed by atoms with Gasteiger partial charge in [0.15, 0.2) is 0 Å². The number of fused-ring (bicyclic) bond motifs is 14. The minimum absolute atomic E-state index is 0.910. The highest BCUT2D eigenvalue weighted by Gasteiger charge is 2.24. The van der Waals surface area contributed by atoms with Gasteiger partial charge in [-0.1, -0.05) is 91.0 Å². The molecule has 0 saturated carbocycles. The standard InChI is InChI=1S/C48H29N3O/c1-3-13-30(14-4-1)49-39-20-10-7-17-33(39)38-29-32(23-26-41(38)49)50-40-21-11-8-19-36(40)45-42(50)28-25-37-46-43(51(47(37)45)31-15-5-2-6-16-31)27-24-35-34-18-9-12-22-44(34)52-48(35)46/h1-29H. The summed E-state index contributed by atoms with van der Waals surface area (Å²) in [5.41, 5.74) is 12.3. The van der Waals surface area contributed by atoms with Crippen LogP contribution in [0.3, 0.4) is 0 Å². The van der Waals surface area contributed by atoms with E-state index >= 15 is 0 Å². The minimum atomic E-state index is 0.910. The number of aromatic nitrogens is 3. The van der Waals surface area contributed by atoms with Gasteiger partial charge in [0.1, 0.15) is 11.2 Å². The van der Waals surface area contributed by atoms with Crippen LogP contribution in [0.25, 0.3) is 104 Å². The average Bonchev–Trinajstić information content (AvgIpc) is 3.94. The molecule has 0 aliphatic carbocycles. The monoisotopic (exact) mass is 663 g/mol. The predicted molar refractivity (Wildman–Crippen MR) is 217 cm³/mol. The SMILES string of the molecule is c1ccc(-n2c3ccccc3c3cc(-n4c5ccccc5c5c4ccc4c6c7oc8ccccc8c7ccc6n(-c6ccccc6)c45)ccc32)cc1. The number of hydrogen-bond donors (Lipinski definition) is 0. The smallest absolute Gasteiger partial charge is 0.145 e. The Labute approximate surface area is 297 Å². The van der Waals surface area contributed by atoms with Crippen LogP contribution in [0.2, 0.25) is 0 Å². The van der Waals surface area contributed by atoms with E-state index in [0.717, 1.165) is 49.9 Å². The van der Waals surface area contributed by atoms with Crippen LogP contribution in [0.5, 0.6) is 0 Å². The van der Waals surface area contributed by atoms with Crippen molar-refractivity contribution in [3.8, 4) is 17.1 Å². The number of hydrogen-bond acceptors (Lipinski definition) is 1. The average molecular weight is 664 g/mol. The quantitative estimate of drug-likeness (QED) is 0.185. The van der Waals surface area contributed by atoms with Crippen molar-refractivity contribution >= 4 is 87.4 Å². The van der Waals surface area contributed by atoms with Crippen molar-refractivity contribution < 1.29 is 4.42 Å². The molecule has 4 aromatic heterocycles. The first-order valence-corrected chi connectivity index (χ1v) is 17.8. The molecule has 12 aromatic rings. The van der Waals surface area contributed by atoms with Crippen molar-refractivity contribution in [1.29, 1.82) is 0 Å². The highest BCUT2D eigenvalue weighted by Crippen LogP contribution is 2.46. The van der Waals surface area contributed by atoms with Crippen LogP contribution in [0.15, 0.2) is 180 Å². The van der Waals surface area contributed by atoms with Gasteiger partial charge < -0.3 is 18.1 Å². The fourth-order valence-corrected chi connectivity index (χ4v) is 8.90. The van der Waals surface area contributed by atoms with E-state index in [4.69, 9.17) is 4.42 Å². The molecule has 0 amide bonds. The van der Waals surface area contributed by atoms with Crippen molar-refractivity contribution in [2.75, 3.05) is 0 Å². The molecule has 0 spiro atoms. The minimum Gasteiger partial charge on any atom is -0.455 e. The Morgan fingerprint density at radius 3 is 1.62 bits per heavy atom. The van der Waals surface area contributed by atoms with Crippen LogP contribution in [-0.4, -0.2) is 13.7 Å². The molecule has 0 unspecified atom stereocenters. The third-order valence-electron chi connectivity index (χ3n) is 11.0. The van der Waals surface area contributed by atoms with Gasteiger partial charge in [0.05, 0.1) is 38.5 Å². The number of nitrogens with zero attached hydrogens (tertiary/aromatic N) is 3. The van der Waals surface area contributed by atoms with Crippen molar-refractivity contribution in [3.05, 3.63) is 176 Å². The Bertz CT molecular complexity index is 3390. The maximum absolute atomic E-state index is 6.69. The molecular weight excluding hydrogens is 635 g/mol. The zero-order chi connectivity index (χ0) is 33.9. The number of rotatable bonds is 3. The highest BCUT2D eigenvalue weighted by atomic mass is 16.3. The third-order valence-corrected chi connectivity index (χ3v) is 11.0. The summed E-state index contributed by atoms with van der Waals surface area (Å²) in [5, 5.41) is 9.52. The fraction of sp³-hybridized carbons (Fsp3) is 0. The normalized spacial score (nSPS) is 12.2. The molecule has 4 nitrogen and oxygen atoms in total. The molecule has 4 heteroatoms. The van der Waals surface area contributed by atoms with Crippen LogP contribution in [0.1, 0.15) is 0 Å². The molecule has 0 N–H and O–H groups in total. The van der Waals surface area contributed by atoms with E-state index in [-0.39, 0.29) is 0 Å². The van der Waals surface area contributed by atoms with Crippen LogP contribution in [-0.2, 0) is 0 Å². The number of benzene rings is 8. The van der Waals surface area contributed by atoms with Gasteiger partial charge >= 0.3 is 0 Å². The van der Waals surface area contributed by atoms with Gasteiger partial charge in [-0.3, -0.25) is 0 Å². The lowest BCUT2D eigenvalue weighted by molar-refractivity contribution is 0.673. The summed E-state index contributed by atoms with van der Waals surface area (Å²) >= 11 is 0. The molecule has 0 fully saturated rings. The lowest BCUT2D eigenvalue weighted by atomic mass is 10.1. The van der Waals surface area contributed by atoms with E-state index in [1.165, 1.54) is 54.5 Å². The summed E-state index contributed by atoms with van der Waals surface area (Å²) in [6, 6.07) is 63.4. The van der Waals surface area contributed by atoms with E-state index in [9.17, 15) is 0 Å². The Morgan fingerprint density at radius 1 is 0.308 bits per heavy atom. The summed E-state index contributed by atoms with van der Waals surface area (Å²) < 4.78 is 13.9. The second-order valence-electron chi connectivity index (χ2n) is 13.7. The molecule has 242 valence electrons. The molecule has 4 heterocycles. The molecule has 0 aliphatic rings. The molecular formula is C48H29N3O. The maximum Gasteiger partial charge on any atom is 0.145 e. The summed E-state index contributed by atoms with van der Waals surface area (Å²) in [6.45, 7) is 0. The zero-order valence-corrected chi connectivity index (χ0v) is 28.0. The van der Waals surface area contributed by atoms with Gasteiger partial charge in [-0.2, -0.15) is 0 Å². The van der Waals surface area contributed by atoms with Crippen LogP contribution in [0.4, 0.5) is 0 Å². The molecule has 0 saturated heterocycles. The summed E-state index contributed by atoms with van der Waals surface area (Å²) in [5.74, 6) is 0. The predicted octanol–water partition coefficient (Wildman–Crippen LogP) is 12.9. The maximum atomic E-state index is 6.69. The molecule has 0 bridgehead atoms. The van der Waals surface area contributed by atoms with Gasteiger partial charge in [-0.05, 0) is 84.9 Å². The first kappa shape index (κ1) is 27.7. The van der Waals surface area contributed by atoms with Crippen molar-refractivity contribution in [3.63, 3.8) is 0 Å². The molecule has 52 heavy (non-hydrogen) atoms. The lowest BCUT2D eigenvalue weighted by Crippen LogP contribution is -1.96. The Hall–Kier alpha value is -7.04. The van der Waals surface area contributed by atoms with Crippen LogP contribution < -0.4 is 0 Å². The van der Waals surface area contributed by atoms with Crippen LogP contribution >= 0.6 is 0 Å². The van der Waals surface area contributed by atoms with Crippen molar-refractivity contribution in [2.24, 2.45) is 0 Å². The number of furan rings is 1. The fourth-order valence-electron chi connectivity index (χ4n) is 8.90. The van der Waals surface area contributed by atoms with E-state index in [2.05, 4.69) is 184 Å². The van der Waals surface area contributed by atoms with Crippen molar-refractivity contribution in [1.82, 2.24) is 13.7 Å². The lowest BCUT2D eigenvalue weighted by Gasteiger charge is -2.11. The Kier molecular flexibility index (Phi) is 5.47. The largest absolute Gasteiger partial charge is 0.455 e. The first-order chi connectivity index (χ1) is 25.8. The molecule has 12 rings (SSSR count). The van der Waals surface area contributed by atoms with Gasteiger partial charge in [0.25, 0.3) is 0 Å². The van der Waals surface area contributed by atoms with E-state index in [1.807, 2.05) is 6.07 Å². The summed E-state index contributed by atoms with van der Waals surface area (Å²) in [6.07, 6.45) is 0. The second kappa shape index (κ2) is 10.3. The summed E-state index contributed by atoms with van der Waals surface area (Å²) in [4.78, 5) is 0. The molecule has 0 atom stereocenters. The van der Waals surface area contributed by atoms with Gasteiger partial charge in [-0.15, -0.1) is 0 Å². The second-order valence-corrected chi connectivity index (χ2v) is 13.7. The highest BCUT2D eigenvalue weighted by molar-refractivity contribution is 6.31. The van der Waals surface area contributed by atoms with Crippen molar-refractivity contribution in [2.45, 2.75) is 0 Å². The Balaban J connectivity index is 1.22. The topological polar surface area (TPSA) is 27.9 Å². The number of para-hydroxylation sites is 5. The van der Waals surface area contributed by atoms with E-state index < -0.39 is 0 Å². The summed E-state index contributed by atoms with van der Waals surface area (Å²) in [7, 11) is 0. The van der Waals surface area contributed by atoms with E-state index in [0.29, 0.717) is 0 Å². The third kappa shape index (κ3) is 3.60.